The van der Waals surface area contributed by atoms with E-state index in [9.17, 15) is 0 Å². The third-order valence-corrected chi connectivity index (χ3v) is 5.04. The lowest BCUT2D eigenvalue weighted by atomic mass is 10.2. The molecule has 2 heteroatoms. The third kappa shape index (κ3) is 15.4. The van der Waals surface area contributed by atoms with E-state index in [1.165, 1.54) is 116 Å². The molecule has 0 aliphatic heterocycles. The Morgan fingerprint density at radius 2 is 0.583 bits per heavy atom. The summed E-state index contributed by atoms with van der Waals surface area (Å²) in [6.45, 7) is 17.1. The first kappa shape index (κ1) is 23.9. The number of rotatable bonds is 19. The highest BCUT2D eigenvalue weighted by Gasteiger charge is 2.09. The topological polar surface area (TPSA) is 6.48 Å². The molecule has 0 aromatic carbocycles. The minimum atomic E-state index is 1.28. The van der Waals surface area contributed by atoms with Gasteiger partial charge in [0.15, 0.2) is 0 Å². The Bertz CT molecular complexity index is 186. The molecule has 0 saturated carbocycles. The van der Waals surface area contributed by atoms with Crippen LogP contribution < -0.4 is 0 Å². The Morgan fingerprint density at radius 1 is 0.333 bits per heavy atom. The molecule has 0 aromatic rings. The van der Waals surface area contributed by atoms with Crippen LogP contribution in [0.3, 0.4) is 0 Å². The Hall–Kier alpha value is -0.0800. The second-order valence-corrected chi connectivity index (χ2v) is 7.51. The van der Waals surface area contributed by atoms with Crippen LogP contribution >= 0.6 is 0 Å². The maximum atomic E-state index is 2.75. The molecule has 0 heterocycles. The number of nitrogens with zero attached hydrogens (tertiary/aromatic N) is 2. The van der Waals surface area contributed by atoms with E-state index in [1.54, 1.807) is 0 Å². The van der Waals surface area contributed by atoms with Gasteiger partial charge in [0.25, 0.3) is 0 Å². The van der Waals surface area contributed by atoms with E-state index in [-0.39, 0.29) is 0 Å². The monoisotopic (exact) mass is 340 g/mol. The fraction of sp³-hybridized carbons (Fsp3) is 1.00. The van der Waals surface area contributed by atoms with Crippen molar-refractivity contribution in [2.75, 3.05) is 39.3 Å². The minimum absolute atomic E-state index is 1.28. The van der Waals surface area contributed by atoms with Gasteiger partial charge in [-0.15, -0.1) is 0 Å². The molecule has 24 heavy (non-hydrogen) atoms. The molecule has 0 fully saturated rings. The fourth-order valence-corrected chi connectivity index (χ4v) is 3.30. The van der Waals surface area contributed by atoms with Crippen LogP contribution in [-0.2, 0) is 0 Å². The smallest absolute Gasteiger partial charge is 0.0109 e. The molecule has 0 spiro atoms. The molecular formula is C22H48N2. The standard InChI is InChI=1S/C22H48N2/c1-5-9-13-17-23(18-14-10-6-2)21-22-24(19-15-11-7-3)20-16-12-8-4/h5-22H2,1-4H3. The Kier molecular flexibility index (Phi) is 19.2. The molecule has 0 atom stereocenters. The van der Waals surface area contributed by atoms with Crippen LogP contribution in [0.25, 0.3) is 0 Å². The van der Waals surface area contributed by atoms with Gasteiger partial charge in [-0.3, -0.25) is 0 Å². The zero-order valence-electron chi connectivity index (χ0n) is 17.6. The van der Waals surface area contributed by atoms with Gasteiger partial charge in [-0.05, 0) is 51.9 Å². The number of hydrogen-bond donors (Lipinski definition) is 0. The maximum absolute atomic E-state index is 2.75. The molecule has 0 aliphatic carbocycles. The van der Waals surface area contributed by atoms with Crippen LogP contribution in [0.15, 0.2) is 0 Å². The summed E-state index contributed by atoms with van der Waals surface area (Å²) in [5.74, 6) is 0. The highest BCUT2D eigenvalue weighted by Crippen LogP contribution is 2.06. The third-order valence-electron chi connectivity index (χ3n) is 5.04. The van der Waals surface area contributed by atoms with Crippen molar-refractivity contribution in [2.24, 2.45) is 0 Å². The van der Waals surface area contributed by atoms with Gasteiger partial charge >= 0.3 is 0 Å². The van der Waals surface area contributed by atoms with Gasteiger partial charge in [0.2, 0.25) is 0 Å². The average molecular weight is 341 g/mol. The molecular weight excluding hydrogens is 292 g/mol. The molecule has 146 valence electrons. The minimum Gasteiger partial charge on any atom is -0.302 e. The first-order chi connectivity index (χ1) is 11.8. The van der Waals surface area contributed by atoms with Crippen molar-refractivity contribution in [2.45, 2.75) is 105 Å². The Balaban J connectivity index is 4.21. The van der Waals surface area contributed by atoms with Crippen LogP contribution in [0.2, 0.25) is 0 Å². The van der Waals surface area contributed by atoms with Crippen molar-refractivity contribution in [1.29, 1.82) is 0 Å². The van der Waals surface area contributed by atoms with Crippen LogP contribution in [-0.4, -0.2) is 49.1 Å². The summed E-state index contributed by atoms with van der Waals surface area (Å²) < 4.78 is 0. The lowest BCUT2D eigenvalue weighted by Gasteiger charge is -2.28. The highest BCUT2D eigenvalue weighted by molar-refractivity contribution is 4.65. The summed E-state index contributed by atoms with van der Waals surface area (Å²) in [4.78, 5) is 5.50. The molecule has 0 N–H and O–H groups in total. The summed E-state index contributed by atoms with van der Waals surface area (Å²) in [6.07, 6.45) is 16.4. The molecule has 0 aliphatic rings. The van der Waals surface area contributed by atoms with E-state index in [4.69, 9.17) is 0 Å². The van der Waals surface area contributed by atoms with Crippen molar-refractivity contribution in [1.82, 2.24) is 9.80 Å². The van der Waals surface area contributed by atoms with Crippen molar-refractivity contribution in [3.05, 3.63) is 0 Å². The zero-order chi connectivity index (χ0) is 17.9. The lowest BCUT2D eigenvalue weighted by molar-refractivity contribution is 0.194. The zero-order valence-corrected chi connectivity index (χ0v) is 17.6. The summed E-state index contributed by atoms with van der Waals surface area (Å²) >= 11 is 0. The van der Waals surface area contributed by atoms with Gasteiger partial charge in [0.1, 0.15) is 0 Å². The largest absolute Gasteiger partial charge is 0.302 e. The SMILES string of the molecule is CCCCCN(CCCCC)CCN(CCCCC)CCCCC. The predicted molar refractivity (Wildman–Crippen MR) is 111 cm³/mol. The first-order valence-electron chi connectivity index (χ1n) is 11.2. The van der Waals surface area contributed by atoms with Crippen molar-refractivity contribution >= 4 is 0 Å². The lowest BCUT2D eigenvalue weighted by Crippen LogP contribution is -2.37. The number of hydrogen-bond acceptors (Lipinski definition) is 2. The molecule has 0 rings (SSSR count). The van der Waals surface area contributed by atoms with Gasteiger partial charge in [-0.25, -0.2) is 0 Å². The summed E-state index contributed by atoms with van der Waals surface area (Å²) in [5, 5.41) is 0. The molecule has 0 bridgehead atoms. The van der Waals surface area contributed by atoms with Crippen LogP contribution in [0, 0.1) is 0 Å². The number of unbranched alkanes of at least 4 members (excludes halogenated alkanes) is 8. The second kappa shape index (κ2) is 19.2. The molecule has 0 radical (unpaired) electrons. The van der Waals surface area contributed by atoms with Gasteiger partial charge in [0.05, 0.1) is 0 Å². The molecule has 0 aromatic heterocycles. The first-order valence-corrected chi connectivity index (χ1v) is 11.2. The van der Waals surface area contributed by atoms with Crippen LogP contribution in [0.5, 0.6) is 0 Å². The van der Waals surface area contributed by atoms with Gasteiger partial charge < -0.3 is 9.80 Å². The van der Waals surface area contributed by atoms with E-state index in [2.05, 4.69) is 37.5 Å². The summed E-state index contributed by atoms with van der Waals surface area (Å²) in [6, 6.07) is 0. The van der Waals surface area contributed by atoms with E-state index in [0.717, 1.165) is 0 Å². The van der Waals surface area contributed by atoms with E-state index < -0.39 is 0 Å². The maximum Gasteiger partial charge on any atom is 0.0109 e. The van der Waals surface area contributed by atoms with E-state index in [0.29, 0.717) is 0 Å². The van der Waals surface area contributed by atoms with Crippen molar-refractivity contribution in [3.8, 4) is 0 Å². The van der Waals surface area contributed by atoms with Crippen LogP contribution in [0.1, 0.15) is 105 Å². The van der Waals surface area contributed by atoms with Crippen molar-refractivity contribution in [3.63, 3.8) is 0 Å². The normalized spacial score (nSPS) is 11.8. The molecule has 2 nitrogen and oxygen atoms in total. The quantitative estimate of drug-likeness (QED) is 0.253. The predicted octanol–water partition coefficient (Wildman–Crippen LogP) is 6.35. The van der Waals surface area contributed by atoms with Gasteiger partial charge in [0, 0.05) is 13.1 Å². The highest BCUT2D eigenvalue weighted by atomic mass is 15.2. The average Bonchev–Trinajstić information content (AvgIpc) is 2.59. The Morgan fingerprint density at radius 3 is 0.792 bits per heavy atom. The van der Waals surface area contributed by atoms with Crippen molar-refractivity contribution < 1.29 is 0 Å². The Labute approximate surface area is 154 Å². The van der Waals surface area contributed by atoms with Gasteiger partial charge in [-0.2, -0.15) is 0 Å². The fourth-order valence-electron chi connectivity index (χ4n) is 3.30. The second-order valence-electron chi connectivity index (χ2n) is 7.51. The van der Waals surface area contributed by atoms with E-state index >= 15 is 0 Å². The summed E-state index contributed by atoms with van der Waals surface area (Å²) in [5.41, 5.74) is 0. The molecule has 0 amide bonds. The summed E-state index contributed by atoms with van der Waals surface area (Å²) in [7, 11) is 0. The molecule has 0 saturated heterocycles. The van der Waals surface area contributed by atoms with E-state index in [1.807, 2.05) is 0 Å². The molecule has 0 unspecified atom stereocenters. The van der Waals surface area contributed by atoms with Gasteiger partial charge in [-0.1, -0.05) is 79.1 Å². The van der Waals surface area contributed by atoms with Crippen LogP contribution in [0.4, 0.5) is 0 Å².